The molecule has 1 atom stereocenters. The van der Waals surface area contributed by atoms with E-state index < -0.39 is 0 Å². The van der Waals surface area contributed by atoms with Crippen LogP contribution in [-0.4, -0.2) is 41.1 Å². The molecule has 6 heteroatoms. The van der Waals surface area contributed by atoms with Gasteiger partial charge in [0.2, 0.25) is 5.88 Å². The Balaban J connectivity index is 2.70. The number of methoxy groups -OCH3 is 1. The van der Waals surface area contributed by atoms with Gasteiger partial charge in [-0.3, -0.25) is 4.90 Å². The van der Waals surface area contributed by atoms with Crippen LogP contribution in [0.25, 0.3) is 0 Å². The lowest BCUT2D eigenvalue weighted by molar-refractivity contribution is 0.276. The average molecular weight is 238 g/mol. The minimum atomic E-state index is -0.159. The molecule has 0 radical (unpaired) electrons. The Kier molecular flexibility index (Phi) is 4.71. The molecule has 0 amide bonds. The van der Waals surface area contributed by atoms with Gasteiger partial charge in [-0.15, -0.1) is 0 Å². The van der Waals surface area contributed by atoms with Crippen LogP contribution in [0.4, 0.5) is 0 Å². The molecule has 94 valence electrons. The minimum Gasteiger partial charge on any atom is -0.481 e. The third kappa shape index (κ3) is 3.60. The maximum atomic E-state index is 8.60. The first-order chi connectivity index (χ1) is 8.08. The van der Waals surface area contributed by atoms with Crippen molar-refractivity contribution >= 4 is 5.84 Å². The smallest absolute Gasteiger partial charge is 0.213 e. The highest BCUT2D eigenvalue weighted by molar-refractivity contribution is 5.84. The van der Waals surface area contributed by atoms with Gasteiger partial charge in [-0.25, -0.2) is 4.98 Å². The van der Waals surface area contributed by atoms with Crippen molar-refractivity contribution in [2.45, 2.75) is 19.5 Å². The number of hydrogen-bond donors (Lipinski definition) is 2. The zero-order chi connectivity index (χ0) is 12.8. The van der Waals surface area contributed by atoms with E-state index in [1.54, 1.807) is 13.2 Å². The highest BCUT2D eigenvalue weighted by atomic mass is 16.5. The number of pyridine rings is 1. The van der Waals surface area contributed by atoms with Crippen LogP contribution in [-0.2, 0) is 6.54 Å². The molecule has 17 heavy (non-hydrogen) atoms. The molecule has 1 heterocycles. The van der Waals surface area contributed by atoms with E-state index in [2.05, 4.69) is 10.1 Å². The number of ether oxygens (including phenoxy) is 1. The van der Waals surface area contributed by atoms with Crippen LogP contribution < -0.4 is 10.5 Å². The highest BCUT2D eigenvalue weighted by Crippen LogP contribution is 2.09. The molecule has 0 spiro atoms. The van der Waals surface area contributed by atoms with Crippen LogP contribution in [0.1, 0.15) is 12.6 Å². The maximum absolute atomic E-state index is 8.60. The van der Waals surface area contributed by atoms with Gasteiger partial charge >= 0.3 is 0 Å². The molecule has 0 saturated carbocycles. The summed E-state index contributed by atoms with van der Waals surface area (Å²) in [6, 6.07) is 5.41. The molecule has 0 aliphatic carbocycles. The Hall–Kier alpha value is -1.82. The quantitative estimate of drug-likeness (QED) is 0.341. The van der Waals surface area contributed by atoms with Gasteiger partial charge < -0.3 is 15.7 Å². The number of amidine groups is 1. The summed E-state index contributed by atoms with van der Waals surface area (Å²) in [5.74, 6) is 0.753. The standard InChI is InChI=1S/C11H18N4O2/c1-8(11(12)14-16)15(2)7-9-5-4-6-10(13-9)17-3/h4-6,8,16H,7H2,1-3H3,(H2,12,14). The van der Waals surface area contributed by atoms with Crippen LogP contribution in [0.5, 0.6) is 5.88 Å². The van der Waals surface area contributed by atoms with Crippen molar-refractivity contribution in [2.24, 2.45) is 10.9 Å². The van der Waals surface area contributed by atoms with E-state index in [0.29, 0.717) is 12.4 Å². The van der Waals surface area contributed by atoms with E-state index in [0.717, 1.165) is 5.69 Å². The molecule has 1 rings (SSSR count). The number of oxime groups is 1. The number of hydrogen-bond acceptors (Lipinski definition) is 5. The molecule has 0 aliphatic heterocycles. The van der Waals surface area contributed by atoms with Crippen LogP contribution in [0.15, 0.2) is 23.4 Å². The monoisotopic (exact) mass is 238 g/mol. The van der Waals surface area contributed by atoms with E-state index in [1.807, 2.05) is 31.0 Å². The van der Waals surface area contributed by atoms with E-state index in [1.165, 1.54) is 0 Å². The Labute approximate surface area is 101 Å². The van der Waals surface area contributed by atoms with Gasteiger partial charge in [0, 0.05) is 12.6 Å². The van der Waals surface area contributed by atoms with Gasteiger partial charge in [-0.05, 0) is 20.0 Å². The second kappa shape index (κ2) is 6.05. The van der Waals surface area contributed by atoms with Crippen LogP contribution in [0.3, 0.4) is 0 Å². The van der Waals surface area contributed by atoms with Crippen LogP contribution in [0, 0.1) is 0 Å². The average Bonchev–Trinajstić information content (AvgIpc) is 2.37. The van der Waals surface area contributed by atoms with Gasteiger partial charge in [0.25, 0.3) is 0 Å². The molecular formula is C11H18N4O2. The van der Waals surface area contributed by atoms with E-state index in [9.17, 15) is 0 Å². The molecule has 0 bridgehead atoms. The summed E-state index contributed by atoms with van der Waals surface area (Å²) in [5.41, 5.74) is 6.41. The number of likely N-dealkylation sites (N-methyl/N-ethyl adjacent to an activating group) is 1. The predicted octanol–water partition coefficient (Wildman–Crippen LogP) is 0.657. The summed E-state index contributed by atoms with van der Waals surface area (Å²) in [6.07, 6.45) is 0. The molecule has 1 aromatic rings. The molecule has 0 saturated heterocycles. The first kappa shape index (κ1) is 13.2. The largest absolute Gasteiger partial charge is 0.481 e. The first-order valence-corrected chi connectivity index (χ1v) is 5.26. The normalized spacial score (nSPS) is 13.8. The van der Waals surface area contributed by atoms with E-state index >= 15 is 0 Å². The first-order valence-electron chi connectivity index (χ1n) is 5.26. The van der Waals surface area contributed by atoms with E-state index in [-0.39, 0.29) is 11.9 Å². The van der Waals surface area contributed by atoms with E-state index in [4.69, 9.17) is 15.7 Å². The number of aromatic nitrogens is 1. The van der Waals surface area contributed by atoms with Gasteiger partial charge in [-0.1, -0.05) is 11.2 Å². The van der Waals surface area contributed by atoms with Gasteiger partial charge in [0.15, 0.2) is 5.84 Å². The lowest BCUT2D eigenvalue weighted by Crippen LogP contribution is -2.40. The van der Waals surface area contributed by atoms with Gasteiger partial charge in [-0.2, -0.15) is 0 Å². The van der Waals surface area contributed by atoms with Gasteiger partial charge in [0.1, 0.15) is 0 Å². The minimum absolute atomic E-state index is 0.159. The second-order valence-electron chi connectivity index (χ2n) is 3.79. The number of rotatable bonds is 5. The molecule has 1 aromatic heterocycles. The molecular weight excluding hydrogens is 220 g/mol. The molecule has 0 aliphatic rings. The number of nitrogens with zero attached hydrogens (tertiary/aromatic N) is 3. The van der Waals surface area contributed by atoms with Crippen LogP contribution >= 0.6 is 0 Å². The summed E-state index contributed by atoms with van der Waals surface area (Å²) in [5, 5.41) is 11.6. The molecule has 3 N–H and O–H groups in total. The van der Waals surface area contributed by atoms with Gasteiger partial charge in [0.05, 0.1) is 18.8 Å². The Morgan fingerprint density at radius 2 is 2.35 bits per heavy atom. The fourth-order valence-corrected chi connectivity index (χ4v) is 1.36. The van der Waals surface area contributed by atoms with Crippen LogP contribution in [0.2, 0.25) is 0 Å². The second-order valence-corrected chi connectivity index (χ2v) is 3.79. The topological polar surface area (TPSA) is 84.0 Å². The Morgan fingerprint density at radius 3 is 2.94 bits per heavy atom. The summed E-state index contributed by atoms with van der Waals surface area (Å²) >= 11 is 0. The lowest BCUT2D eigenvalue weighted by atomic mass is 10.2. The fraction of sp³-hybridized carbons (Fsp3) is 0.455. The summed E-state index contributed by atoms with van der Waals surface area (Å²) in [6.45, 7) is 2.45. The highest BCUT2D eigenvalue weighted by Gasteiger charge is 2.14. The van der Waals surface area contributed by atoms with Crippen molar-refractivity contribution < 1.29 is 9.94 Å². The van der Waals surface area contributed by atoms with Crippen molar-refractivity contribution in [3.63, 3.8) is 0 Å². The third-order valence-electron chi connectivity index (χ3n) is 2.61. The Morgan fingerprint density at radius 1 is 1.65 bits per heavy atom. The molecule has 0 aromatic carbocycles. The zero-order valence-corrected chi connectivity index (χ0v) is 10.3. The summed E-state index contributed by atoms with van der Waals surface area (Å²) in [4.78, 5) is 6.22. The van der Waals surface area contributed by atoms with Crippen molar-refractivity contribution in [1.29, 1.82) is 0 Å². The molecule has 0 fully saturated rings. The third-order valence-corrected chi connectivity index (χ3v) is 2.61. The fourth-order valence-electron chi connectivity index (χ4n) is 1.36. The zero-order valence-electron chi connectivity index (χ0n) is 10.3. The van der Waals surface area contributed by atoms with Crippen molar-refractivity contribution in [2.75, 3.05) is 14.2 Å². The number of nitrogens with two attached hydrogens (primary N) is 1. The summed E-state index contributed by atoms with van der Waals surface area (Å²) in [7, 11) is 3.46. The molecule has 1 unspecified atom stereocenters. The van der Waals surface area contributed by atoms with Crippen molar-refractivity contribution in [1.82, 2.24) is 9.88 Å². The lowest BCUT2D eigenvalue weighted by Gasteiger charge is -2.22. The Bertz CT molecular complexity index is 395. The maximum Gasteiger partial charge on any atom is 0.213 e. The summed E-state index contributed by atoms with van der Waals surface area (Å²) < 4.78 is 5.05. The van der Waals surface area contributed by atoms with Crippen molar-refractivity contribution in [3.05, 3.63) is 23.9 Å². The molecule has 6 nitrogen and oxygen atoms in total. The van der Waals surface area contributed by atoms with Crippen molar-refractivity contribution in [3.8, 4) is 5.88 Å². The SMILES string of the molecule is COc1cccc(CN(C)C(C)C(N)=NO)n1. The predicted molar refractivity (Wildman–Crippen MR) is 65.1 cm³/mol.